The van der Waals surface area contributed by atoms with E-state index in [2.05, 4.69) is 10.2 Å². The summed E-state index contributed by atoms with van der Waals surface area (Å²) in [6.07, 6.45) is 0.830. The van der Waals surface area contributed by atoms with E-state index < -0.39 is 5.60 Å². The van der Waals surface area contributed by atoms with Crippen LogP contribution in [0.15, 0.2) is 24.3 Å². The second-order valence-electron chi connectivity index (χ2n) is 6.93. The molecule has 25 heavy (non-hydrogen) atoms. The van der Waals surface area contributed by atoms with E-state index in [1.807, 2.05) is 45.0 Å². The van der Waals surface area contributed by atoms with E-state index in [1.165, 1.54) is 0 Å². The van der Waals surface area contributed by atoms with E-state index in [4.69, 9.17) is 4.74 Å². The maximum Gasteiger partial charge on any atom is 0.227 e. The second-order valence-corrected chi connectivity index (χ2v) is 6.93. The van der Waals surface area contributed by atoms with Gasteiger partial charge in [-0.3, -0.25) is 9.89 Å². The van der Waals surface area contributed by atoms with Gasteiger partial charge in [0.15, 0.2) is 0 Å². The largest absolute Gasteiger partial charge is 0.490 e. The van der Waals surface area contributed by atoms with Gasteiger partial charge in [-0.05, 0) is 38.8 Å². The molecule has 1 unspecified atom stereocenters. The van der Waals surface area contributed by atoms with Crippen molar-refractivity contribution in [3.8, 4) is 5.75 Å². The highest BCUT2D eigenvalue weighted by molar-refractivity contribution is 5.79. The van der Waals surface area contributed by atoms with Gasteiger partial charge in [-0.2, -0.15) is 5.10 Å². The lowest BCUT2D eigenvalue weighted by atomic mass is 10.1. The summed E-state index contributed by atoms with van der Waals surface area (Å²) in [5.41, 5.74) is 2.74. The second kappa shape index (κ2) is 6.88. The fourth-order valence-corrected chi connectivity index (χ4v) is 3.22. The molecular formula is C19H25N3O3. The molecule has 1 aliphatic heterocycles. The zero-order valence-corrected chi connectivity index (χ0v) is 15.0. The Kier molecular flexibility index (Phi) is 4.81. The van der Waals surface area contributed by atoms with E-state index in [9.17, 15) is 9.90 Å². The summed E-state index contributed by atoms with van der Waals surface area (Å²) in [7, 11) is 0. The minimum Gasteiger partial charge on any atom is -0.490 e. The molecule has 6 heteroatoms. The van der Waals surface area contributed by atoms with Gasteiger partial charge in [0.05, 0.1) is 18.7 Å². The Hall–Kier alpha value is -2.34. The number of aromatic amines is 1. The third-order valence-corrected chi connectivity index (χ3v) is 4.88. The van der Waals surface area contributed by atoms with Gasteiger partial charge in [-0.15, -0.1) is 0 Å². The minimum absolute atomic E-state index is 0.0133. The molecule has 1 atom stereocenters. The summed E-state index contributed by atoms with van der Waals surface area (Å²) < 4.78 is 5.79. The third kappa shape index (κ3) is 3.85. The number of likely N-dealkylation sites (tertiary alicyclic amines) is 1. The number of carbonyl (C=O) groups excluding carboxylic acids is 1. The van der Waals surface area contributed by atoms with Gasteiger partial charge in [-0.1, -0.05) is 18.2 Å². The summed E-state index contributed by atoms with van der Waals surface area (Å²) in [5.74, 6) is 0.782. The molecule has 1 fully saturated rings. The van der Waals surface area contributed by atoms with Crippen LogP contribution in [-0.2, 0) is 11.2 Å². The van der Waals surface area contributed by atoms with E-state index >= 15 is 0 Å². The number of nitrogens with one attached hydrogen (secondary N) is 1. The Morgan fingerprint density at radius 3 is 2.80 bits per heavy atom. The Morgan fingerprint density at radius 1 is 1.36 bits per heavy atom. The predicted molar refractivity (Wildman–Crippen MR) is 94.6 cm³/mol. The summed E-state index contributed by atoms with van der Waals surface area (Å²) >= 11 is 0. The molecule has 0 aliphatic carbocycles. The van der Waals surface area contributed by atoms with Crippen molar-refractivity contribution in [2.75, 3.05) is 19.7 Å². The standard InChI is InChI=1S/C19H25N3O3/c1-13-6-4-5-7-17(13)25-12-19(24)8-9-22(11-19)18(23)10-16-14(2)20-21-15(16)3/h4-7,24H,8-12H2,1-3H3,(H,20,21). The first-order valence-electron chi connectivity index (χ1n) is 8.57. The number of rotatable bonds is 5. The number of benzene rings is 1. The van der Waals surface area contributed by atoms with Crippen LogP contribution in [0.2, 0.25) is 0 Å². The van der Waals surface area contributed by atoms with Crippen molar-refractivity contribution < 1.29 is 14.6 Å². The number of β-amino-alcohol motifs (C(OH)–C–C–N with tert-alkyl or cyclic N) is 1. The van der Waals surface area contributed by atoms with Crippen LogP contribution in [0.4, 0.5) is 0 Å². The summed E-state index contributed by atoms with van der Waals surface area (Å²) in [6, 6.07) is 7.72. The zero-order chi connectivity index (χ0) is 18.0. The highest BCUT2D eigenvalue weighted by Crippen LogP contribution is 2.25. The molecule has 2 heterocycles. The average Bonchev–Trinajstić information content (AvgIpc) is 3.12. The molecule has 0 bridgehead atoms. The molecule has 0 saturated carbocycles. The Balaban J connectivity index is 1.58. The van der Waals surface area contributed by atoms with Gasteiger partial charge in [0.1, 0.15) is 18.0 Å². The van der Waals surface area contributed by atoms with Crippen LogP contribution in [-0.4, -0.2) is 51.4 Å². The van der Waals surface area contributed by atoms with Gasteiger partial charge >= 0.3 is 0 Å². The number of aryl methyl sites for hydroxylation is 3. The van der Waals surface area contributed by atoms with Gasteiger partial charge in [0.2, 0.25) is 5.91 Å². The lowest BCUT2D eigenvalue weighted by Gasteiger charge is -2.24. The number of carbonyl (C=O) groups is 1. The van der Waals surface area contributed by atoms with Crippen LogP contribution in [0.5, 0.6) is 5.75 Å². The molecule has 2 aromatic rings. The number of H-pyrrole nitrogens is 1. The highest BCUT2D eigenvalue weighted by Gasteiger charge is 2.39. The molecule has 0 radical (unpaired) electrons. The smallest absolute Gasteiger partial charge is 0.227 e. The number of nitrogens with zero attached hydrogens (tertiary/aromatic N) is 2. The predicted octanol–water partition coefficient (Wildman–Crippen LogP) is 1.92. The normalized spacial score (nSPS) is 20.1. The number of hydrogen-bond donors (Lipinski definition) is 2. The van der Waals surface area contributed by atoms with E-state index in [-0.39, 0.29) is 12.5 Å². The highest BCUT2D eigenvalue weighted by atomic mass is 16.5. The Bertz CT molecular complexity index is 752. The van der Waals surface area contributed by atoms with Crippen LogP contribution in [0, 0.1) is 20.8 Å². The van der Waals surface area contributed by atoms with Gasteiger partial charge in [0, 0.05) is 17.8 Å². The average molecular weight is 343 g/mol. The zero-order valence-electron chi connectivity index (χ0n) is 15.0. The molecule has 3 rings (SSSR count). The van der Waals surface area contributed by atoms with Crippen LogP contribution in [0.3, 0.4) is 0 Å². The number of para-hydroxylation sites is 1. The number of ether oxygens (including phenoxy) is 1. The van der Waals surface area contributed by atoms with Crippen LogP contribution < -0.4 is 4.74 Å². The van der Waals surface area contributed by atoms with Crippen LogP contribution in [0.25, 0.3) is 0 Å². The molecule has 1 saturated heterocycles. The van der Waals surface area contributed by atoms with Gasteiger partial charge < -0.3 is 14.7 Å². The van der Waals surface area contributed by atoms with Crippen molar-refractivity contribution in [2.45, 2.75) is 39.2 Å². The minimum atomic E-state index is -1.00. The van der Waals surface area contributed by atoms with Crippen molar-refractivity contribution in [1.82, 2.24) is 15.1 Å². The number of hydrogen-bond acceptors (Lipinski definition) is 4. The molecule has 134 valence electrons. The molecule has 2 N–H and O–H groups in total. The summed E-state index contributed by atoms with van der Waals surface area (Å²) in [5, 5.41) is 17.8. The molecule has 1 aliphatic rings. The third-order valence-electron chi connectivity index (χ3n) is 4.88. The number of aromatic nitrogens is 2. The molecule has 0 spiro atoms. The molecule has 1 aromatic heterocycles. The van der Waals surface area contributed by atoms with E-state index in [0.29, 0.717) is 25.9 Å². The molecule has 1 aromatic carbocycles. The maximum absolute atomic E-state index is 12.6. The van der Waals surface area contributed by atoms with E-state index in [1.54, 1.807) is 4.90 Å². The van der Waals surface area contributed by atoms with Crippen molar-refractivity contribution in [2.24, 2.45) is 0 Å². The summed E-state index contributed by atoms with van der Waals surface area (Å²) in [6.45, 7) is 6.81. The van der Waals surface area contributed by atoms with Crippen molar-refractivity contribution in [1.29, 1.82) is 0 Å². The summed E-state index contributed by atoms with van der Waals surface area (Å²) in [4.78, 5) is 14.3. The fraction of sp³-hybridized carbons (Fsp3) is 0.474. The number of amides is 1. The molecule has 6 nitrogen and oxygen atoms in total. The lowest BCUT2D eigenvalue weighted by molar-refractivity contribution is -0.130. The van der Waals surface area contributed by atoms with Crippen molar-refractivity contribution in [3.63, 3.8) is 0 Å². The molecule has 1 amide bonds. The Labute approximate surface area is 147 Å². The quantitative estimate of drug-likeness (QED) is 0.869. The van der Waals surface area contributed by atoms with E-state index in [0.717, 1.165) is 28.3 Å². The lowest BCUT2D eigenvalue weighted by Crippen LogP contribution is -2.41. The SMILES string of the molecule is Cc1ccccc1OCC1(O)CCN(C(=O)Cc2c(C)n[nH]c2C)C1. The first-order valence-corrected chi connectivity index (χ1v) is 8.57. The topological polar surface area (TPSA) is 78.5 Å². The fourth-order valence-electron chi connectivity index (χ4n) is 3.22. The monoisotopic (exact) mass is 343 g/mol. The van der Waals surface area contributed by atoms with Gasteiger partial charge in [-0.25, -0.2) is 0 Å². The number of aliphatic hydroxyl groups is 1. The van der Waals surface area contributed by atoms with Crippen LogP contribution in [0.1, 0.15) is 28.9 Å². The van der Waals surface area contributed by atoms with Crippen molar-refractivity contribution in [3.05, 3.63) is 46.8 Å². The van der Waals surface area contributed by atoms with Crippen molar-refractivity contribution >= 4 is 5.91 Å². The first kappa shape index (κ1) is 17.5. The first-order chi connectivity index (χ1) is 11.9. The molecular weight excluding hydrogens is 318 g/mol. The maximum atomic E-state index is 12.6. The van der Waals surface area contributed by atoms with Gasteiger partial charge in [0.25, 0.3) is 0 Å². The Morgan fingerprint density at radius 2 is 2.12 bits per heavy atom. The van der Waals surface area contributed by atoms with Crippen LogP contribution >= 0.6 is 0 Å².